The van der Waals surface area contributed by atoms with Gasteiger partial charge in [0.15, 0.2) is 0 Å². The van der Waals surface area contributed by atoms with Gasteiger partial charge in [0.25, 0.3) is 0 Å². The number of nitrogens with one attached hydrogen (secondary N) is 1. The van der Waals surface area contributed by atoms with Crippen molar-refractivity contribution in [2.24, 2.45) is 0 Å². The largest absolute Gasteiger partial charge is 0.373 e. The summed E-state index contributed by atoms with van der Waals surface area (Å²) in [4.78, 5) is 6.52. The Balaban J connectivity index is 2.69. The summed E-state index contributed by atoms with van der Waals surface area (Å²) in [5.74, 6) is 0. The first kappa shape index (κ1) is 15.7. The SMILES string of the molecule is C=CCCCN(C)c1cnccc1CNC(C)(C)C. The lowest BCUT2D eigenvalue weighted by molar-refractivity contribution is 0.424. The predicted molar refractivity (Wildman–Crippen MR) is 83.5 cm³/mol. The first-order valence-electron chi connectivity index (χ1n) is 6.94. The van der Waals surface area contributed by atoms with E-state index in [0.29, 0.717) is 0 Å². The molecule has 3 heteroatoms. The fourth-order valence-electron chi connectivity index (χ4n) is 1.86. The number of rotatable bonds is 7. The summed E-state index contributed by atoms with van der Waals surface area (Å²) in [5.41, 5.74) is 2.64. The minimum absolute atomic E-state index is 0.127. The molecule has 0 spiro atoms. The highest BCUT2D eigenvalue weighted by Gasteiger charge is 2.12. The molecular weight excluding hydrogens is 234 g/mol. The minimum Gasteiger partial charge on any atom is -0.373 e. The maximum atomic E-state index is 4.25. The highest BCUT2D eigenvalue weighted by molar-refractivity contribution is 5.50. The van der Waals surface area contributed by atoms with Crippen LogP contribution in [0.25, 0.3) is 0 Å². The third-order valence-electron chi connectivity index (χ3n) is 3.01. The van der Waals surface area contributed by atoms with Crippen molar-refractivity contribution in [2.45, 2.75) is 45.7 Å². The highest BCUT2D eigenvalue weighted by Crippen LogP contribution is 2.19. The van der Waals surface area contributed by atoms with E-state index in [-0.39, 0.29) is 5.54 Å². The van der Waals surface area contributed by atoms with Gasteiger partial charge in [-0.2, -0.15) is 0 Å². The van der Waals surface area contributed by atoms with Crippen LogP contribution in [0.4, 0.5) is 5.69 Å². The second-order valence-corrected chi connectivity index (χ2v) is 5.96. The van der Waals surface area contributed by atoms with E-state index < -0.39 is 0 Å². The quantitative estimate of drug-likeness (QED) is 0.602. The molecule has 3 nitrogen and oxygen atoms in total. The Bertz CT molecular complexity index is 393. The Morgan fingerprint density at radius 2 is 2.16 bits per heavy atom. The molecule has 0 aliphatic carbocycles. The van der Waals surface area contributed by atoms with Gasteiger partial charge in [-0.25, -0.2) is 0 Å². The molecule has 0 saturated carbocycles. The number of unbranched alkanes of at least 4 members (excludes halogenated alkanes) is 1. The van der Waals surface area contributed by atoms with E-state index in [1.807, 2.05) is 18.5 Å². The zero-order valence-electron chi connectivity index (χ0n) is 12.7. The van der Waals surface area contributed by atoms with Crippen molar-refractivity contribution in [1.82, 2.24) is 10.3 Å². The molecule has 19 heavy (non-hydrogen) atoms. The number of pyridine rings is 1. The monoisotopic (exact) mass is 261 g/mol. The molecule has 1 aromatic heterocycles. The molecule has 0 saturated heterocycles. The molecule has 0 bridgehead atoms. The van der Waals surface area contributed by atoms with E-state index in [9.17, 15) is 0 Å². The van der Waals surface area contributed by atoms with Crippen molar-refractivity contribution in [2.75, 3.05) is 18.5 Å². The summed E-state index contributed by atoms with van der Waals surface area (Å²) >= 11 is 0. The smallest absolute Gasteiger partial charge is 0.0595 e. The number of hydrogen-bond donors (Lipinski definition) is 1. The van der Waals surface area contributed by atoms with E-state index >= 15 is 0 Å². The van der Waals surface area contributed by atoms with Crippen LogP contribution in [-0.4, -0.2) is 24.1 Å². The van der Waals surface area contributed by atoms with Crippen LogP contribution in [0.2, 0.25) is 0 Å². The Kier molecular flexibility index (Phi) is 6.03. The molecule has 0 unspecified atom stereocenters. The van der Waals surface area contributed by atoms with Gasteiger partial charge in [-0.05, 0) is 45.2 Å². The van der Waals surface area contributed by atoms with E-state index in [2.05, 4.69) is 55.7 Å². The average Bonchev–Trinajstić information content (AvgIpc) is 2.36. The van der Waals surface area contributed by atoms with Crippen LogP contribution >= 0.6 is 0 Å². The first-order valence-corrected chi connectivity index (χ1v) is 6.94. The lowest BCUT2D eigenvalue weighted by atomic mass is 10.1. The number of hydrogen-bond acceptors (Lipinski definition) is 3. The van der Waals surface area contributed by atoms with Crippen molar-refractivity contribution in [3.63, 3.8) is 0 Å². The summed E-state index contributed by atoms with van der Waals surface area (Å²) < 4.78 is 0. The Morgan fingerprint density at radius 1 is 1.42 bits per heavy atom. The van der Waals surface area contributed by atoms with Crippen LogP contribution < -0.4 is 10.2 Å². The van der Waals surface area contributed by atoms with Crippen molar-refractivity contribution in [3.8, 4) is 0 Å². The van der Waals surface area contributed by atoms with Crippen molar-refractivity contribution in [1.29, 1.82) is 0 Å². The molecule has 0 radical (unpaired) electrons. The van der Waals surface area contributed by atoms with Gasteiger partial charge in [-0.3, -0.25) is 4.98 Å². The Morgan fingerprint density at radius 3 is 2.79 bits per heavy atom. The molecule has 106 valence electrons. The topological polar surface area (TPSA) is 28.2 Å². The minimum atomic E-state index is 0.127. The third-order valence-corrected chi connectivity index (χ3v) is 3.01. The highest BCUT2D eigenvalue weighted by atomic mass is 15.1. The Hall–Kier alpha value is -1.35. The number of nitrogens with zero attached hydrogens (tertiary/aromatic N) is 2. The van der Waals surface area contributed by atoms with E-state index in [4.69, 9.17) is 0 Å². The van der Waals surface area contributed by atoms with Crippen LogP contribution in [0.3, 0.4) is 0 Å². The summed E-state index contributed by atoms with van der Waals surface area (Å²) in [5, 5.41) is 3.53. The lowest BCUT2D eigenvalue weighted by Crippen LogP contribution is -2.35. The standard InChI is InChI=1S/C16H27N3/c1-6-7-8-11-19(5)15-13-17-10-9-14(15)12-18-16(2,3)4/h6,9-10,13,18H,1,7-8,11-12H2,2-5H3. The molecule has 1 aromatic rings. The van der Waals surface area contributed by atoms with Gasteiger partial charge in [0.2, 0.25) is 0 Å². The molecule has 0 aliphatic rings. The molecular formula is C16H27N3. The summed E-state index contributed by atoms with van der Waals surface area (Å²) in [6.07, 6.45) is 7.97. The molecule has 0 aromatic carbocycles. The summed E-state index contributed by atoms with van der Waals surface area (Å²) in [6, 6.07) is 2.10. The second kappa shape index (κ2) is 7.29. The molecule has 0 fully saturated rings. The number of aromatic nitrogens is 1. The zero-order valence-corrected chi connectivity index (χ0v) is 12.7. The van der Waals surface area contributed by atoms with Crippen LogP contribution in [0.1, 0.15) is 39.2 Å². The molecule has 0 atom stereocenters. The van der Waals surface area contributed by atoms with Crippen LogP contribution in [0.5, 0.6) is 0 Å². The normalized spacial score (nSPS) is 11.4. The van der Waals surface area contributed by atoms with Gasteiger partial charge >= 0.3 is 0 Å². The van der Waals surface area contributed by atoms with E-state index in [0.717, 1.165) is 25.9 Å². The third kappa shape index (κ3) is 5.88. The average molecular weight is 261 g/mol. The van der Waals surface area contributed by atoms with Gasteiger partial charge in [0.05, 0.1) is 11.9 Å². The van der Waals surface area contributed by atoms with Crippen LogP contribution in [0.15, 0.2) is 31.1 Å². The van der Waals surface area contributed by atoms with Crippen molar-refractivity contribution < 1.29 is 0 Å². The van der Waals surface area contributed by atoms with Gasteiger partial charge < -0.3 is 10.2 Å². The predicted octanol–water partition coefficient (Wildman–Crippen LogP) is 3.37. The molecule has 1 rings (SSSR count). The summed E-state index contributed by atoms with van der Waals surface area (Å²) in [7, 11) is 2.13. The maximum absolute atomic E-state index is 4.25. The molecule has 0 amide bonds. The van der Waals surface area contributed by atoms with E-state index in [1.54, 1.807) is 0 Å². The van der Waals surface area contributed by atoms with Crippen molar-refractivity contribution >= 4 is 5.69 Å². The molecule has 1 heterocycles. The first-order chi connectivity index (χ1) is 8.94. The molecule has 0 aliphatic heterocycles. The fourth-order valence-corrected chi connectivity index (χ4v) is 1.86. The molecule has 1 N–H and O–H groups in total. The zero-order chi connectivity index (χ0) is 14.3. The lowest BCUT2D eigenvalue weighted by Gasteiger charge is -2.25. The second-order valence-electron chi connectivity index (χ2n) is 5.96. The van der Waals surface area contributed by atoms with Gasteiger partial charge in [0.1, 0.15) is 0 Å². The van der Waals surface area contributed by atoms with Gasteiger partial charge in [-0.1, -0.05) is 6.08 Å². The Labute approximate surface area is 117 Å². The number of anilines is 1. The van der Waals surface area contributed by atoms with Gasteiger partial charge in [-0.15, -0.1) is 6.58 Å². The maximum Gasteiger partial charge on any atom is 0.0595 e. The van der Waals surface area contributed by atoms with Crippen LogP contribution in [0, 0.1) is 0 Å². The van der Waals surface area contributed by atoms with Crippen molar-refractivity contribution in [3.05, 3.63) is 36.7 Å². The number of allylic oxidation sites excluding steroid dienone is 1. The van der Waals surface area contributed by atoms with E-state index in [1.165, 1.54) is 11.3 Å². The summed E-state index contributed by atoms with van der Waals surface area (Å²) in [6.45, 7) is 12.2. The van der Waals surface area contributed by atoms with Gasteiger partial charge in [0, 0.05) is 31.9 Å². The fraction of sp³-hybridized carbons (Fsp3) is 0.562. The van der Waals surface area contributed by atoms with Crippen LogP contribution in [-0.2, 0) is 6.54 Å².